The number of rotatable bonds is 7. The predicted octanol–water partition coefficient (Wildman–Crippen LogP) is 2.43. The molecule has 3 aromatic rings. The average molecular weight is 387 g/mol. The van der Waals surface area contributed by atoms with Crippen molar-refractivity contribution in [2.24, 2.45) is 5.10 Å². The second-order valence-corrected chi connectivity index (χ2v) is 7.53. The molecule has 26 heavy (non-hydrogen) atoms. The van der Waals surface area contributed by atoms with E-state index in [9.17, 15) is 9.90 Å². The first-order valence-corrected chi connectivity index (χ1v) is 9.75. The number of thioether (sulfide) groups is 1. The van der Waals surface area contributed by atoms with Crippen LogP contribution in [-0.4, -0.2) is 24.5 Å². The number of hydrogen-bond acceptors (Lipinski definition) is 6. The molecule has 6 nitrogen and oxygen atoms in total. The summed E-state index contributed by atoms with van der Waals surface area (Å²) in [5.74, 6) is 0.148. The van der Waals surface area contributed by atoms with Crippen molar-refractivity contribution in [2.45, 2.75) is 11.3 Å². The van der Waals surface area contributed by atoms with Crippen molar-refractivity contribution in [3.05, 3.63) is 48.0 Å². The van der Waals surface area contributed by atoms with Gasteiger partial charge in [0.25, 0.3) is 10.2 Å². The molecule has 0 atom stereocenters. The van der Waals surface area contributed by atoms with E-state index in [4.69, 9.17) is 4.74 Å². The van der Waals surface area contributed by atoms with E-state index < -0.39 is 0 Å². The van der Waals surface area contributed by atoms with Crippen molar-refractivity contribution in [3.8, 4) is 11.5 Å². The minimum Gasteiger partial charge on any atom is -0.870 e. The van der Waals surface area contributed by atoms with Crippen LogP contribution in [0.1, 0.15) is 12.5 Å². The van der Waals surface area contributed by atoms with Crippen molar-refractivity contribution in [2.75, 3.05) is 12.4 Å². The van der Waals surface area contributed by atoms with Crippen LogP contribution in [0.2, 0.25) is 0 Å². The third-order valence-corrected chi connectivity index (χ3v) is 5.57. The minimum absolute atomic E-state index is 0.177. The zero-order valence-electron chi connectivity index (χ0n) is 14.0. The second-order valence-electron chi connectivity index (χ2n) is 5.23. The van der Waals surface area contributed by atoms with Gasteiger partial charge in [0, 0.05) is 6.07 Å². The molecule has 0 bridgehead atoms. The largest absolute Gasteiger partial charge is 0.870 e. The Bertz CT molecular complexity index is 907. The van der Waals surface area contributed by atoms with Gasteiger partial charge in [-0.05, 0) is 36.4 Å². The van der Waals surface area contributed by atoms with E-state index in [0.29, 0.717) is 12.2 Å². The van der Waals surface area contributed by atoms with Crippen molar-refractivity contribution in [3.63, 3.8) is 0 Å². The predicted molar refractivity (Wildman–Crippen MR) is 102 cm³/mol. The molecule has 0 spiro atoms. The van der Waals surface area contributed by atoms with Gasteiger partial charge in [0.15, 0.2) is 0 Å². The van der Waals surface area contributed by atoms with Crippen molar-refractivity contribution in [1.82, 2.24) is 5.43 Å². The van der Waals surface area contributed by atoms with Crippen molar-refractivity contribution >= 4 is 45.4 Å². The average Bonchev–Trinajstić information content (AvgIpc) is 3.06. The number of benzene rings is 2. The molecule has 1 amide bonds. The fourth-order valence-corrected chi connectivity index (χ4v) is 4.10. The van der Waals surface area contributed by atoms with E-state index in [1.165, 1.54) is 24.0 Å². The number of amides is 1. The summed E-state index contributed by atoms with van der Waals surface area (Å²) >= 11 is 3.04. The van der Waals surface area contributed by atoms with Crippen molar-refractivity contribution < 1.29 is 19.6 Å². The first kappa shape index (κ1) is 18.2. The number of hydrazone groups is 1. The number of carbonyl (C=O) groups is 1. The van der Waals surface area contributed by atoms with Crippen LogP contribution in [-0.2, 0) is 4.79 Å². The molecule has 0 unspecified atom stereocenters. The van der Waals surface area contributed by atoms with Crippen LogP contribution in [0, 0.1) is 0 Å². The maximum absolute atomic E-state index is 11.9. The third kappa shape index (κ3) is 4.74. The topological polar surface area (TPSA) is 87.9 Å². The second kappa shape index (κ2) is 8.68. The van der Waals surface area contributed by atoms with Crippen LogP contribution in [0.4, 0.5) is 0 Å². The Morgan fingerprint density at radius 3 is 3.04 bits per heavy atom. The molecular weight excluding hydrogens is 370 g/mol. The Balaban J connectivity index is 1.52. The molecule has 0 aliphatic carbocycles. The van der Waals surface area contributed by atoms with E-state index in [-0.39, 0.29) is 23.2 Å². The zero-order valence-corrected chi connectivity index (χ0v) is 15.7. The smallest absolute Gasteiger partial charge is 0.297 e. The number of H-pyrrole nitrogens is 1. The molecule has 0 aliphatic heterocycles. The molecule has 3 rings (SSSR count). The van der Waals surface area contributed by atoms with Gasteiger partial charge in [0.05, 0.1) is 18.6 Å². The number of fused-ring (bicyclic) bond motifs is 1. The third-order valence-electron chi connectivity index (χ3n) is 3.33. The number of carbonyl (C=O) groups excluding carboxylic acids is 1. The first-order valence-electron chi connectivity index (χ1n) is 7.95. The van der Waals surface area contributed by atoms with Crippen LogP contribution in [0.25, 0.3) is 10.2 Å². The lowest BCUT2D eigenvalue weighted by Gasteiger charge is -2.13. The van der Waals surface area contributed by atoms with Gasteiger partial charge in [-0.2, -0.15) is 10.1 Å². The van der Waals surface area contributed by atoms with E-state index in [1.807, 2.05) is 31.2 Å². The zero-order chi connectivity index (χ0) is 18.4. The number of hydrogen-bond donors (Lipinski definition) is 1. The fourth-order valence-electron chi connectivity index (χ4n) is 2.18. The molecule has 2 N–H and O–H groups in total. The van der Waals surface area contributed by atoms with Gasteiger partial charge in [-0.25, -0.2) is 5.43 Å². The molecule has 8 heteroatoms. The number of nitrogens with one attached hydrogen (secondary N) is 2. The SMILES string of the molecule is CCOc1cc(/C=N/NC(=O)CSc2[nH+]c3ccccc3s2)ccc1[O-]. The number of para-hydroxylation sites is 1. The Kier molecular flexibility index (Phi) is 6.08. The van der Waals surface area contributed by atoms with Crippen molar-refractivity contribution in [1.29, 1.82) is 0 Å². The van der Waals surface area contributed by atoms with Crippen LogP contribution in [0.3, 0.4) is 0 Å². The maximum atomic E-state index is 11.9. The Morgan fingerprint density at radius 2 is 2.23 bits per heavy atom. The molecule has 0 fully saturated rings. The number of ether oxygens (including phenoxy) is 1. The summed E-state index contributed by atoms with van der Waals surface area (Å²) in [5.41, 5.74) is 4.22. The van der Waals surface area contributed by atoms with Gasteiger partial charge in [-0.3, -0.25) is 4.79 Å². The standard InChI is InChI=1S/C18H17N3O3S2/c1-2-24-15-9-12(7-8-14(15)22)10-19-21-17(23)11-25-18-20-13-5-3-4-6-16(13)26-18/h3-10,22H,2,11H2,1H3,(H,21,23)/b19-10+. The molecule has 0 saturated carbocycles. The summed E-state index contributed by atoms with van der Waals surface area (Å²) in [5, 5.41) is 15.5. The van der Waals surface area contributed by atoms with Crippen LogP contribution in [0.15, 0.2) is 51.9 Å². The van der Waals surface area contributed by atoms with Crippen LogP contribution < -0.4 is 20.3 Å². The van der Waals surface area contributed by atoms with Crippen LogP contribution >= 0.6 is 23.1 Å². The van der Waals surface area contributed by atoms with E-state index in [1.54, 1.807) is 23.5 Å². The Labute approximate surface area is 158 Å². The van der Waals surface area contributed by atoms with Gasteiger partial charge in [-0.1, -0.05) is 41.4 Å². The summed E-state index contributed by atoms with van der Waals surface area (Å²) in [7, 11) is 0. The lowest BCUT2D eigenvalue weighted by molar-refractivity contribution is -0.385. The minimum atomic E-state index is -0.206. The van der Waals surface area contributed by atoms with E-state index in [0.717, 1.165) is 14.6 Å². The highest BCUT2D eigenvalue weighted by molar-refractivity contribution is 8.01. The number of aromatic nitrogens is 1. The highest BCUT2D eigenvalue weighted by Gasteiger charge is 2.12. The number of aromatic amines is 1. The lowest BCUT2D eigenvalue weighted by Crippen LogP contribution is -2.20. The van der Waals surface area contributed by atoms with E-state index >= 15 is 0 Å². The highest BCUT2D eigenvalue weighted by atomic mass is 32.2. The number of nitrogens with zero attached hydrogens (tertiary/aromatic N) is 1. The molecular formula is C18H17N3O3S2. The van der Waals surface area contributed by atoms with Gasteiger partial charge >= 0.3 is 0 Å². The van der Waals surface area contributed by atoms with Gasteiger partial charge in [-0.15, -0.1) is 0 Å². The maximum Gasteiger partial charge on any atom is 0.297 e. The summed E-state index contributed by atoms with van der Waals surface area (Å²) < 4.78 is 7.37. The molecule has 0 saturated heterocycles. The lowest BCUT2D eigenvalue weighted by atomic mass is 10.2. The van der Waals surface area contributed by atoms with Gasteiger partial charge in [0.2, 0.25) is 5.52 Å². The molecule has 134 valence electrons. The summed E-state index contributed by atoms with van der Waals surface area (Å²) in [6.45, 7) is 2.23. The van der Waals surface area contributed by atoms with Gasteiger partial charge < -0.3 is 9.84 Å². The monoisotopic (exact) mass is 387 g/mol. The molecule has 1 aromatic heterocycles. The Morgan fingerprint density at radius 1 is 1.38 bits per heavy atom. The summed E-state index contributed by atoms with van der Waals surface area (Å²) in [6, 6.07) is 12.6. The molecule has 2 aromatic carbocycles. The molecule has 1 heterocycles. The van der Waals surface area contributed by atoms with Gasteiger partial charge in [0.1, 0.15) is 10.4 Å². The highest BCUT2D eigenvalue weighted by Crippen LogP contribution is 2.25. The first-order chi connectivity index (χ1) is 12.7. The van der Waals surface area contributed by atoms with Crippen LogP contribution in [0.5, 0.6) is 11.5 Å². The normalized spacial score (nSPS) is 11.1. The van der Waals surface area contributed by atoms with E-state index in [2.05, 4.69) is 15.5 Å². The fraction of sp³-hybridized carbons (Fsp3) is 0.167. The summed E-state index contributed by atoms with van der Waals surface area (Å²) in [4.78, 5) is 15.2. The number of thiazole rings is 1. The molecule has 0 radical (unpaired) electrons. The summed E-state index contributed by atoms with van der Waals surface area (Å²) in [6.07, 6.45) is 1.48. The quantitative estimate of drug-likeness (QED) is 0.383. The molecule has 0 aliphatic rings. The Hall–Kier alpha value is -2.58.